The van der Waals surface area contributed by atoms with Gasteiger partial charge in [0.05, 0.1) is 5.02 Å². The van der Waals surface area contributed by atoms with E-state index in [-0.39, 0.29) is 11.6 Å². The Morgan fingerprint density at radius 2 is 2.04 bits per heavy atom. The summed E-state index contributed by atoms with van der Waals surface area (Å²) in [5.41, 5.74) is 1.12. The number of furan rings is 1. The fourth-order valence-corrected chi connectivity index (χ4v) is 3.41. The maximum Gasteiger partial charge on any atom is 0.315 e. The molecule has 2 aromatic carbocycles. The normalized spacial score (nSPS) is 17.2. The third-order valence-electron chi connectivity index (χ3n) is 4.43. The predicted molar refractivity (Wildman–Crippen MR) is 103 cm³/mol. The van der Waals surface area contributed by atoms with Crippen LogP contribution in [-0.2, 0) is 4.79 Å². The van der Waals surface area contributed by atoms with Gasteiger partial charge in [-0.1, -0.05) is 29.3 Å². The highest BCUT2D eigenvalue weighted by Gasteiger charge is 2.30. The van der Waals surface area contributed by atoms with Crippen molar-refractivity contribution >= 4 is 46.1 Å². The van der Waals surface area contributed by atoms with Crippen LogP contribution in [0.3, 0.4) is 0 Å². The maximum atomic E-state index is 13.6. The summed E-state index contributed by atoms with van der Waals surface area (Å²) in [5, 5.41) is 9.11. The lowest BCUT2D eigenvalue weighted by atomic mass is 10.0. The maximum absolute atomic E-state index is 13.6. The molecule has 3 aromatic rings. The molecule has 2 heterocycles. The van der Waals surface area contributed by atoms with Gasteiger partial charge < -0.3 is 20.4 Å². The van der Waals surface area contributed by atoms with Gasteiger partial charge in [0.25, 0.3) is 0 Å². The molecular formula is C19H14Cl2FN3O3. The van der Waals surface area contributed by atoms with Crippen molar-refractivity contribution in [2.45, 2.75) is 12.1 Å². The van der Waals surface area contributed by atoms with Gasteiger partial charge in [-0.3, -0.25) is 4.79 Å². The van der Waals surface area contributed by atoms with Gasteiger partial charge in [-0.2, -0.15) is 0 Å². The van der Waals surface area contributed by atoms with Gasteiger partial charge >= 0.3 is 6.03 Å². The van der Waals surface area contributed by atoms with E-state index < -0.39 is 29.8 Å². The lowest BCUT2D eigenvalue weighted by molar-refractivity contribution is -0.123. The van der Waals surface area contributed by atoms with E-state index in [9.17, 15) is 14.0 Å². The smallest absolute Gasteiger partial charge is 0.315 e. The minimum absolute atomic E-state index is 0.0771. The Hall–Kier alpha value is -2.77. The Morgan fingerprint density at radius 1 is 1.21 bits per heavy atom. The van der Waals surface area contributed by atoms with Crippen molar-refractivity contribution in [1.29, 1.82) is 0 Å². The molecule has 0 spiro atoms. The van der Waals surface area contributed by atoms with Crippen LogP contribution in [0.1, 0.15) is 17.4 Å². The van der Waals surface area contributed by atoms with Gasteiger partial charge in [0.15, 0.2) is 0 Å². The molecule has 9 heteroatoms. The van der Waals surface area contributed by atoms with Gasteiger partial charge in [0, 0.05) is 17.0 Å². The highest BCUT2D eigenvalue weighted by molar-refractivity contribution is 6.31. The van der Waals surface area contributed by atoms with Crippen molar-refractivity contribution in [2.75, 3.05) is 6.54 Å². The van der Waals surface area contributed by atoms with Crippen LogP contribution in [0.15, 0.2) is 46.9 Å². The zero-order chi connectivity index (χ0) is 19.8. The fraction of sp³-hybridized carbons (Fsp3) is 0.158. The first kappa shape index (κ1) is 18.6. The van der Waals surface area contributed by atoms with E-state index in [1.807, 2.05) is 0 Å². The molecule has 1 aromatic heterocycles. The standard InChI is InChI=1S/C19H14Cl2FN3O3/c20-11-2-4-15-10(5-11)7-16(28-15)17(9-1-3-13(22)12(21)6-9)25-18(26)14-8-23-19(27)24-14/h1-7,14,17H,8H2,(H,25,26)(H2,23,24,27)/t14?,17-/m0/s1. The van der Waals surface area contributed by atoms with Crippen LogP contribution < -0.4 is 16.0 Å². The second-order valence-corrected chi connectivity index (χ2v) is 7.20. The molecule has 1 unspecified atom stereocenters. The van der Waals surface area contributed by atoms with Crippen LogP contribution in [0.2, 0.25) is 10.0 Å². The molecule has 1 saturated heterocycles. The summed E-state index contributed by atoms with van der Waals surface area (Å²) in [6.45, 7) is 0.164. The van der Waals surface area contributed by atoms with E-state index in [4.69, 9.17) is 27.6 Å². The van der Waals surface area contributed by atoms with Crippen LogP contribution in [0.5, 0.6) is 0 Å². The van der Waals surface area contributed by atoms with Crippen molar-refractivity contribution in [3.8, 4) is 0 Å². The molecule has 0 bridgehead atoms. The van der Waals surface area contributed by atoms with E-state index in [0.29, 0.717) is 21.9 Å². The van der Waals surface area contributed by atoms with E-state index in [1.54, 1.807) is 24.3 Å². The summed E-state index contributed by atoms with van der Waals surface area (Å²) in [7, 11) is 0. The first-order valence-electron chi connectivity index (χ1n) is 8.39. The first-order chi connectivity index (χ1) is 13.4. The van der Waals surface area contributed by atoms with Crippen LogP contribution in [0, 0.1) is 5.82 Å². The van der Waals surface area contributed by atoms with Gasteiger partial charge in [0.1, 0.15) is 29.2 Å². The number of fused-ring (bicyclic) bond motifs is 1. The minimum Gasteiger partial charge on any atom is -0.459 e. The van der Waals surface area contributed by atoms with Crippen molar-refractivity contribution < 1.29 is 18.4 Å². The number of hydrogen-bond acceptors (Lipinski definition) is 3. The largest absolute Gasteiger partial charge is 0.459 e. The fourth-order valence-electron chi connectivity index (χ4n) is 3.04. The number of halogens is 3. The summed E-state index contributed by atoms with van der Waals surface area (Å²) >= 11 is 12.0. The highest BCUT2D eigenvalue weighted by Crippen LogP contribution is 2.31. The summed E-state index contributed by atoms with van der Waals surface area (Å²) < 4.78 is 19.5. The molecule has 4 rings (SSSR count). The molecular weight excluding hydrogens is 408 g/mol. The highest BCUT2D eigenvalue weighted by atomic mass is 35.5. The molecule has 1 fully saturated rings. The van der Waals surface area contributed by atoms with Crippen molar-refractivity contribution in [2.24, 2.45) is 0 Å². The number of hydrogen-bond donors (Lipinski definition) is 3. The Bertz CT molecular complexity index is 1090. The Morgan fingerprint density at radius 3 is 2.75 bits per heavy atom. The quantitative estimate of drug-likeness (QED) is 0.599. The van der Waals surface area contributed by atoms with E-state index in [1.165, 1.54) is 18.2 Å². The lowest BCUT2D eigenvalue weighted by Crippen LogP contribution is -2.44. The van der Waals surface area contributed by atoms with Gasteiger partial charge in [-0.25, -0.2) is 9.18 Å². The summed E-state index contributed by atoms with van der Waals surface area (Å²) in [4.78, 5) is 24.0. The average Bonchev–Trinajstić information content (AvgIpc) is 3.27. The number of carbonyl (C=O) groups excluding carboxylic acids is 2. The molecule has 2 atom stereocenters. The first-order valence-corrected chi connectivity index (χ1v) is 9.15. The number of nitrogens with one attached hydrogen (secondary N) is 3. The molecule has 0 radical (unpaired) electrons. The molecule has 6 nitrogen and oxygen atoms in total. The Labute approximate surface area is 169 Å². The zero-order valence-corrected chi connectivity index (χ0v) is 15.8. The summed E-state index contributed by atoms with van der Waals surface area (Å²) in [5.74, 6) is -0.563. The van der Waals surface area contributed by atoms with Crippen LogP contribution in [-0.4, -0.2) is 24.5 Å². The van der Waals surface area contributed by atoms with Crippen LogP contribution >= 0.6 is 23.2 Å². The van der Waals surface area contributed by atoms with Gasteiger partial charge in [-0.05, 0) is 42.0 Å². The predicted octanol–water partition coefficient (Wildman–Crippen LogP) is 3.77. The molecule has 0 aliphatic carbocycles. The number of benzene rings is 2. The second-order valence-electron chi connectivity index (χ2n) is 6.35. The molecule has 0 saturated carbocycles. The molecule has 3 amide bonds. The third kappa shape index (κ3) is 3.63. The summed E-state index contributed by atoms with van der Waals surface area (Å²) in [6.07, 6.45) is 0. The van der Waals surface area contributed by atoms with Crippen molar-refractivity contribution in [3.63, 3.8) is 0 Å². The van der Waals surface area contributed by atoms with Crippen LogP contribution in [0.4, 0.5) is 9.18 Å². The van der Waals surface area contributed by atoms with Crippen LogP contribution in [0.25, 0.3) is 11.0 Å². The molecule has 3 N–H and O–H groups in total. The van der Waals surface area contributed by atoms with E-state index in [0.717, 1.165) is 5.39 Å². The van der Waals surface area contributed by atoms with E-state index >= 15 is 0 Å². The van der Waals surface area contributed by atoms with E-state index in [2.05, 4.69) is 16.0 Å². The monoisotopic (exact) mass is 421 g/mol. The topological polar surface area (TPSA) is 83.4 Å². The van der Waals surface area contributed by atoms with Crippen molar-refractivity contribution in [1.82, 2.24) is 16.0 Å². The van der Waals surface area contributed by atoms with Gasteiger partial charge in [-0.15, -0.1) is 0 Å². The number of rotatable bonds is 4. The SMILES string of the molecule is O=C1NCC(C(=O)N[C@@H](c2ccc(F)c(Cl)c2)c2cc3cc(Cl)ccc3o2)N1. The number of carbonyl (C=O) groups is 2. The van der Waals surface area contributed by atoms with Gasteiger partial charge in [0.2, 0.25) is 5.91 Å². The minimum atomic E-state index is -0.741. The molecule has 144 valence electrons. The Kier molecular flexibility index (Phi) is 4.87. The van der Waals surface area contributed by atoms with Crippen molar-refractivity contribution in [3.05, 3.63) is 69.7 Å². The second kappa shape index (κ2) is 7.33. The molecule has 1 aliphatic heterocycles. The Balaban J connectivity index is 1.72. The zero-order valence-electron chi connectivity index (χ0n) is 14.3. The molecule has 28 heavy (non-hydrogen) atoms. The molecule has 1 aliphatic rings. The average molecular weight is 422 g/mol. The number of urea groups is 1. The lowest BCUT2D eigenvalue weighted by Gasteiger charge is -2.19. The third-order valence-corrected chi connectivity index (χ3v) is 4.96. The number of amides is 3. The summed E-state index contributed by atoms with van der Waals surface area (Å²) in [6, 6.07) is 9.16.